The van der Waals surface area contributed by atoms with Gasteiger partial charge in [0.2, 0.25) is 10.0 Å². The number of methoxy groups -OCH3 is 1. The Hall–Kier alpha value is -2.85. The van der Waals surface area contributed by atoms with Crippen LogP contribution in [0.25, 0.3) is 10.9 Å². The third-order valence-corrected chi connectivity index (χ3v) is 7.85. The highest BCUT2D eigenvalue weighted by atomic mass is 32.2. The molecule has 0 saturated carbocycles. The second-order valence-electron chi connectivity index (χ2n) is 7.99. The lowest BCUT2D eigenvalue weighted by atomic mass is 10.0. The topological polar surface area (TPSA) is 114 Å². The predicted molar refractivity (Wildman–Crippen MR) is 111 cm³/mol. The van der Waals surface area contributed by atoms with Gasteiger partial charge in [-0.25, -0.2) is 8.42 Å². The van der Waals surface area contributed by atoms with Crippen LogP contribution in [0.2, 0.25) is 0 Å². The number of sulfonamides is 1. The lowest BCUT2D eigenvalue weighted by molar-refractivity contribution is -0.140. The number of hydrogen-bond donors (Lipinski definition) is 0. The first-order valence-electron chi connectivity index (χ1n) is 10.0. The number of imide groups is 1. The number of ether oxygens (including phenoxy) is 1. The number of fused-ring (bicyclic) bond motifs is 3. The fraction of sp³-hybridized carbons (Fsp3) is 0.429. The molecular weight excluding hydrogens is 422 g/mol. The van der Waals surface area contributed by atoms with Crippen molar-refractivity contribution in [1.82, 2.24) is 14.2 Å². The summed E-state index contributed by atoms with van der Waals surface area (Å²) in [6, 6.07) is 4.42. The van der Waals surface area contributed by atoms with Crippen molar-refractivity contribution in [3.8, 4) is 0 Å². The van der Waals surface area contributed by atoms with Gasteiger partial charge in [-0.15, -0.1) is 0 Å². The van der Waals surface area contributed by atoms with Gasteiger partial charge >= 0.3 is 5.97 Å². The van der Waals surface area contributed by atoms with Crippen molar-refractivity contribution in [3.05, 3.63) is 35.0 Å². The first-order chi connectivity index (χ1) is 14.6. The summed E-state index contributed by atoms with van der Waals surface area (Å²) in [6.07, 6.45) is 1.58. The monoisotopic (exact) mass is 445 g/mol. The molecule has 31 heavy (non-hydrogen) atoms. The molecule has 10 heteroatoms. The molecule has 0 aliphatic carbocycles. The minimum Gasteiger partial charge on any atom is -0.468 e. The Balaban J connectivity index is 1.82. The maximum Gasteiger partial charge on any atom is 0.325 e. The van der Waals surface area contributed by atoms with Crippen LogP contribution in [-0.2, 0) is 19.6 Å². The number of carbonyl (C=O) groups is 3. The molecule has 1 aromatic carbocycles. The van der Waals surface area contributed by atoms with E-state index in [4.69, 9.17) is 0 Å². The fourth-order valence-corrected chi connectivity index (χ4v) is 5.58. The molecule has 2 aliphatic heterocycles. The number of aromatic nitrogens is 1. The third-order valence-electron chi connectivity index (χ3n) is 5.95. The van der Waals surface area contributed by atoms with Gasteiger partial charge in [0.15, 0.2) is 0 Å². The van der Waals surface area contributed by atoms with E-state index < -0.39 is 34.4 Å². The van der Waals surface area contributed by atoms with Crippen LogP contribution in [0.15, 0.2) is 23.1 Å². The molecule has 0 unspecified atom stereocenters. The summed E-state index contributed by atoms with van der Waals surface area (Å²) < 4.78 is 32.4. The number of hydrogen-bond acceptors (Lipinski definition) is 7. The first kappa shape index (κ1) is 21.4. The molecule has 2 aliphatic rings. The van der Waals surface area contributed by atoms with Crippen molar-refractivity contribution >= 4 is 38.7 Å². The average molecular weight is 445 g/mol. The maximum absolute atomic E-state index is 13.2. The summed E-state index contributed by atoms with van der Waals surface area (Å²) in [5, 5.41) is 0.276. The van der Waals surface area contributed by atoms with Crippen LogP contribution >= 0.6 is 0 Å². The van der Waals surface area contributed by atoms with Gasteiger partial charge in [-0.1, -0.05) is 6.92 Å². The van der Waals surface area contributed by atoms with Gasteiger partial charge in [0.25, 0.3) is 11.8 Å². The largest absolute Gasteiger partial charge is 0.468 e. The molecule has 0 N–H and O–H groups in total. The first-order valence-corrected chi connectivity index (χ1v) is 11.5. The third kappa shape index (κ3) is 3.49. The van der Waals surface area contributed by atoms with Gasteiger partial charge in [0, 0.05) is 18.5 Å². The Kier molecular flexibility index (Phi) is 5.30. The van der Waals surface area contributed by atoms with Crippen LogP contribution in [0, 0.1) is 12.8 Å². The van der Waals surface area contributed by atoms with E-state index in [1.807, 2.05) is 0 Å². The number of benzene rings is 1. The van der Waals surface area contributed by atoms with Gasteiger partial charge in [0.1, 0.15) is 6.54 Å². The standard InChI is InChI=1S/C21H23N3O6S/c1-12-6-8-23(9-7-12)31(28,29)14-4-5-16-15(10-14)19-18(13(2)22-16)20(26)24(21(19)27)11-17(25)30-3/h4-5,10,12H,6-9,11H2,1-3H3. The van der Waals surface area contributed by atoms with Gasteiger partial charge in [-0.3, -0.25) is 24.3 Å². The van der Waals surface area contributed by atoms with E-state index in [0.29, 0.717) is 30.2 Å². The molecule has 164 valence electrons. The number of pyridine rings is 1. The minimum atomic E-state index is -3.75. The van der Waals surface area contributed by atoms with E-state index in [1.54, 1.807) is 13.0 Å². The normalized spacial score (nSPS) is 18.0. The summed E-state index contributed by atoms with van der Waals surface area (Å²) in [7, 11) is -2.58. The highest BCUT2D eigenvalue weighted by Gasteiger charge is 2.40. The zero-order chi connectivity index (χ0) is 22.5. The van der Waals surface area contributed by atoms with Crippen LogP contribution in [0.5, 0.6) is 0 Å². The van der Waals surface area contributed by atoms with Crippen molar-refractivity contribution in [1.29, 1.82) is 0 Å². The number of rotatable bonds is 4. The van der Waals surface area contributed by atoms with E-state index in [2.05, 4.69) is 16.6 Å². The SMILES string of the molecule is COC(=O)CN1C(=O)c2c(C)nc3ccc(S(=O)(=O)N4CCC(C)CC4)cc3c2C1=O. The second-order valence-corrected chi connectivity index (χ2v) is 9.92. The number of esters is 1. The maximum atomic E-state index is 13.2. The molecule has 2 amide bonds. The predicted octanol–water partition coefficient (Wildman–Crippen LogP) is 1.73. The summed E-state index contributed by atoms with van der Waals surface area (Å²) in [5.41, 5.74) is 0.904. The molecule has 1 aromatic heterocycles. The van der Waals surface area contributed by atoms with Crippen molar-refractivity contribution < 1.29 is 27.5 Å². The average Bonchev–Trinajstić information content (AvgIpc) is 2.99. The Morgan fingerprint density at radius 3 is 2.45 bits per heavy atom. The van der Waals surface area contributed by atoms with Gasteiger partial charge in [0.05, 0.1) is 34.3 Å². The molecule has 0 spiro atoms. The Bertz CT molecular complexity index is 1220. The summed E-state index contributed by atoms with van der Waals surface area (Å²) in [6.45, 7) is 4.06. The zero-order valence-corrected chi connectivity index (χ0v) is 18.4. The molecular formula is C21H23N3O6S. The van der Waals surface area contributed by atoms with Crippen LogP contribution in [0.1, 0.15) is 46.2 Å². The number of aryl methyl sites for hydroxylation is 1. The summed E-state index contributed by atoms with van der Waals surface area (Å²) >= 11 is 0. The van der Waals surface area contributed by atoms with Crippen LogP contribution in [-0.4, -0.2) is 67.1 Å². The molecule has 1 fully saturated rings. The molecule has 9 nitrogen and oxygen atoms in total. The van der Waals surface area contributed by atoms with Gasteiger partial charge in [-0.2, -0.15) is 4.31 Å². The highest BCUT2D eigenvalue weighted by molar-refractivity contribution is 7.89. The number of piperidine rings is 1. The van der Waals surface area contributed by atoms with E-state index in [0.717, 1.165) is 17.7 Å². The van der Waals surface area contributed by atoms with Gasteiger partial charge < -0.3 is 4.74 Å². The molecule has 1 saturated heterocycles. The molecule has 2 aromatic rings. The van der Waals surface area contributed by atoms with Gasteiger partial charge in [-0.05, 0) is 43.9 Å². The van der Waals surface area contributed by atoms with E-state index in [1.165, 1.54) is 23.5 Å². The summed E-state index contributed by atoms with van der Waals surface area (Å²) in [4.78, 5) is 42.8. The molecule has 3 heterocycles. The van der Waals surface area contributed by atoms with Crippen molar-refractivity contribution in [2.24, 2.45) is 5.92 Å². The zero-order valence-electron chi connectivity index (χ0n) is 17.5. The van der Waals surface area contributed by atoms with Crippen molar-refractivity contribution in [3.63, 3.8) is 0 Å². The van der Waals surface area contributed by atoms with E-state index in [-0.39, 0.29) is 21.4 Å². The van der Waals surface area contributed by atoms with Crippen molar-refractivity contribution in [2.75, 3.05) is 26.7 Å². The van der Waals surface area contributed by atoms with Crippen molar-refractivity contribution in [2.45, 2.75) is 31.6 Å². The second kappa shape index (κ2) is 7.69. The Morgan fingerprint density at radius 1 is 1.16 bits per heavy atom. The molecule has 4 rings (SSSR count). The lowest BCUT2D eigenvalue weighted by Gasteiger charge is -2.29. The Morgan fingerprint density at radius 2 is 1.81 bits per heavy atom. The summed E-state index contributed by atoms with van der Waals surface area (Å²) in [5.74, 6) is -1.56. The number of carbonyl (C=O) groups excluding carboxylic acids is 3. The minimum absolute atomic E-state index is 0.0501. The van der Waals surface area contributed by atoms with E-state index >= 15 is 0 Å². The smallest absolute Gasteiger partial charge is 0.325 e. The quantitative estimate of drug-likeness (QED) is 0.520. The number of amides is 2. The fourth-order valence-electron chi connectivity index (χ4n) is 4.08. The Labute approximate surface area is 180 Å². The van der Waals surface area contributed by atoms with Crippen LogP contribution < -0.4 is 0 Å². The lowest BCUT2D eigenvalue weighted by Crippen LogP contribution is -2.37. The molecule has 0 radical (unpaired) electrons. The van der Waals surface area contributed by atoms with Crippen LogP contribution in [0.4, 0.5) is 0 Å². The number of nitrogens with zero attached hydrogens (tertiary/aromatic N) is 3. The van der Waals surface area contributed by atoms with Crippen LogP contribution in [0.3, 0.4) is 0 Å². The highest BCUT2D eigenvalue weighted by Crippen LogP contribution is 2.33. The molecule has 0 atom stereocenters. The molecule has 0 bridgehead atoms. The van der Waals surface area contributed by atoms with E-state index in [9.17, 15) is 22.8 Å².